The van der Waals surface area contributed by atoms with Gasteiger partial charge in [0.1, 0.15) is 5.82 Å². The van der Waals surface area contributed by atoms with Crippen LogP contribution in [0.5, 0.6) is 5.75 Å². The third-order valence-electron chi connectivity index (χ3n) is 2.57. The van der Waals surface area contributed by atoms with Gasteiger partial charge in [0.15, 0.2) is 5.75 Å². The summed E-state index contributed by atoms with van der Waals surface area (Å²) in [6, 6.07) is 10.8. The van der Waals surface area contributed by atoms with Gasteiger partial charge in [-0.3, -0.25) is 4.79 Å². The standard InChI is InChI=1S/C15H11F4NO2S/c16-10-5-7-11(8-6-10)23-9-14(21)20-12-3-1-2-4-13(12)22-15(17,18)19/h1-8H,9H2,(H,20,21). The molecule has 0 aliphatic rings. The number of halogens is 4. The quantitative estimate of drug-likeness (QED) is 0.642. The summed E-state index contributed by atoms with van der Waals surface area (Å²) in [7, 11) is 0. The highest BCUT2D eigenvalue weighted by Crippen LogP contribution is 2.30. The Bertz CT molecular complexity index is 674. The van der Waals surface area contributed by atoms with Crippen LogP contribution < -0.4 is 10.1 Å². The van der Waals surface area contributed by atoms with Gasteiger partial charge in [-0.05, 0) is 36.4 Å². The number of hydrogen-bond donors (Lipinski definition) is 1. The lowest BCUT2D eigenvalue weighted by atomic mass is 10.3. The average molecular weight is 345 g/mol. The van der Waals surface area contributed by atoms with Gasteiger partial charge >= 0.3 is 6.36 Å². The van der Waals surface area contributed by atoms with Crippen molar-refractivity contribution < 1.29 is 27.1 Å². The van der Waals surface area contributed by atoms with E-state index in [-0.39, 0.29) is 11.4 Å². The van der Waals surface area contributed by atoms with E-state index < -0.39 is 23.8 Å². The fourth-order valence-electron chi connectivity index (χ4n) is 1.65. The summed E-state index contributed by atoms with van der Waals surface area (Å²) in [4.78, 5) is 12.5. The fraction of sp³-hybridized carbons (Fsp3) is 0.133. The number of benzene rings is 2. The lowest BCUT2D eigenvalue weighted by molar-refractivity contribution is -0.274. The van der Waals surface area contributed by atoms with Gasteiger partial charge in [-0.25, -0.2) is 4.39 Å². The Hall–Kier alpha value is -2.22. The number of alkyl halides is 3. The average Bonchev–Trinajstić information content (AvgIpc) is 2.47. The largest absolute Gasteiger partial charge is 0.573 e. The summed E-state index contributed by atoms with van der Waals surface area (Å²) >= 11 is 1.13. The second-order valence-electron chi connectivity index (χ2n) is 4.33. The molecule has 0 radical (unpaired) electrons. The van der Waals surface area contributed by atoms with Crippen molar-refractivity contribution in [2.75, 3.05) is 11.1 Å². The maximum Gasteiger partial charge on any atom is 0.573 e. The van der Waals surface area contributed by atoms with Crippen LogP contribution in [-0.2, 0) is 4.79 Å². The van der Waals surface area contributed by atoms with Crippen molar-refractivity contribution in [2.24, 2.45) is 0 Å². The van der Waals surface area contributed by atoms with Crippen molar-refractivity contribution in [3.63, 3.8) is 0 Å². The summed E-state index contributed by atoms with van der Waals surface area (Å²) in [6.45, 7) is 0. The molecule has 0 atom stereocenters. The molecule has 0 bridgehead atoms. The monoisotopic (exact) mass is 345 g/mol. The van der Waals surface area contributed by atoms with Crippen molar-refractivity contribution in [2.45, 2.75) is 11.3 Å². The zero-order chi connectivity index (χ0) is 16.9. The van der Waals surface area contributed by atoms with Gasteiger partial charge in [-0.15, -0.1) is 24.9 Å². The first-order valence-electron chi connectivity index (χ1n) is 6.36. The molecule has 0 unspecified atom stereocenters. The molecule has 0 saturated heterocycles. The van der Waals surface area contributed by atoms with Crippen LogP contribution in [0.1, 0.15) is 0 Å². The van der Waals surface area contributed by atoms with E-state index in [9.17, 15) is 22.4 Å². The Labute approximate surface area is 133 Å². The molecule has 0 aromatic heterocycles. The van der Waals surface area contributed by atoms with Crippen LogP contribution in [0.4, 0.5) is 23.2 Å². The third-order valence-corrected chi connectivity index (χ3v) is 3.58. The molecule has 8 heteroatoms. The molecule has 0 heterocycles. The van der Waals surface area contributed by atoms with Gasteiger partial charge in [0.05, 0.1) is 11.4 Å². The van der Waals surface area contributed by atoms with E-state index in [1.54, 1.807) is 0 Å². The van der Waals surface area contributed by atoms with Gasteiger partial charge in [-0.1, -0.05) is 12.1 Å². The molecule has 2 aromatic rings. The Balaban J connectivity index is 1.96. The number of hydrogen-bond acceptors (Lipinski definition) is 3. The number of thioether (sulfide) groups is 1. The number of carbonyl (C=O) groups is 1. The van der Waals surface area contributed by atoms with Crippen LogP contribution >= 0.6 is 11.8 Å². The summed E-state index contributed by atoms with van der Waals surface area (Å²) < 4.78 is 53.5. The zero-order valence-electron chi connectivity index (χ0n) is 11.6. The first kappa shape index (κ1) is 17.1. The van der Waals surface area contributed by atoms with Gasteiger partial charge < -0.3 is 10.1 Å². The normalized spacial score (nSPS) is 11.1. The smallest absolute Gasteiger partial charge is 0.404 e. The minimum atomic E-state index is -4.84. The molecular formula is C15H11F4NO2S. The van der Waals surface area contributed by atoms with E-state index >= 15 is 0 Å². The maximum absolute atomic E-state index is 12.8. The topological polar surface area (TPSA) is 38.3 Å². The van der Waals surface area contributed by atoms with Gasteiger partial charge in [0, 0.05) is 4.90 Å². The van der Waals surface area contributed by atoms with Crippen LogP contribution in [-0.4, -0.2) is 18.0 Å². The molecule has 2 aromatic carbocycles. The SMILES string of the molecule is O=C(CSc1ccc(F)cc1)Nc1ccccc1OC(F)(F)F. The molecule has 3 nitrogen and oxygen atoms in total. The number of nitrogens with one attached hydrogen (secondary N) is 1. The third kappa shape index (κ3) is 5.82. The minimum absolute atomic E-state index is 0.0357. The number of para-hydroxylation sites is 2. The molecule has 0 fully saturated rings. The van der Waals surface area contributed by atoms with Crippen molar-refractivity contribution in [1.82, 2.24) is 0 Å². The van der Waals surface area contributed by atoms with E-state index in [1.165, 1.54) is 42.5 Å². The van der Waals surface area contributed by atoms with Gasteiger partial charge in [0.2, 0.25) is 5.91 Å². The van der Waals surface area contributed by atoms with E-state index in [2.05, 4.69) is 10.1 Å². The molecule has 0 aliphatic carbocycles. The second-order valence-corrected chi connectivity index (χ2v) is 5.38. The minimum Gasteiger partial charge on any atom is -0.404 e. The van der Waals surface area contributed by atoms with E-state index in [1.807, 2.05) is 0 Å². The predicted octanol–water partition coefficient (Wildman–Crippen LogP) is 4.46. The molecule has 0 spiro atoms. The van der Waals surface area contributed by atoms with E-state index in [0.29, 0.717) is 4.90 Å². The zero-order valence-corrected chi connectivity index (χ0v) is 12.4. The molecule has 122 valence electrons. The molecule has 0 aliphatic heterocycles. The van der Waals surface area contributed by atoms with Crippen molar-refractivity contribution in [1.29, 1.82) is 0 Å². The lowest BCUT2D eigenvalue weighted by Gasteiger charge is -2.13. The molecule has 1 N–H and O–H groups in total. The van der Waals surface area contributed by atoms with Crippen LogP contribution in [0.25, 0.3) is 0 Å². The van der Waals surface area contributed by atoms with Crippen LogP contribution in [0.3, 0.4) is 0 Å². The Morgan fingerprint density at radius 3 is 2.39 bits per heavy atom. The van der Waals surface area contributed by atoms with Gasteiger partial charge in [0.25, 0.3) is 0 Å². The summed E-state index contributed by atoms with van der Waals surface area (Å²) in [5.74, 6) is -1.42. The highest BCUT2D eigenvalue weighted by Gasteiger charge is 2.32. The second kappa shape index (κ2) is 7.36. The van der Waals surface area contributed by atoms with E-state index in [4.69, 9.17) is 0 Å². The molecule has 23 heavy (non-hydrogen) atoms. The lowest BCUT2D eigenvalue weighted by Crippen LogP contribution is -2.20. The summed E-state index contributed by atoms with van der Waals surface area (Å²) in [5.41, 5.74) is -0.0745. The molecule has 0 saturated carbocycles. The first-order chi connectivity index (χ1) is 10.8. The molecular weight excluding hydrogens is 334 g/mol. The highest BCUT2D eigenvalue weighted by molar-refractivity contribution is 8.00. The number of anilines is 1. The Kier molecular flexibility index (Phi) is 5.49. The Morgan fingerprint density at radius 2 is 1.74 bits per heavy atom. The van der Waals surface area contributed by atoms with Crippen LogP contribution in [0.15, 0.2) is 53.4 Å². The van der Waals surface area contributed by atoms with Crippen LogP contribution in [0.2, 0.25) is 0 Å². The Morgan fingerprint density at radius 1 is 1.09 bits per heavy atom. The number of carbonyl (C=O) groups excluding carboxylic acids is 1. The molecule has 1 amide bonds. The summed E-state index contributed by atoms with van der Waals surface area (Å²) in [5, 5.41) is 2.36. The maximum atomic E-state index is 12.8. The number of rotatable bonds is 5. The van der Waals surface area contributed by atoms with Crippen molar-refractivity contribution in [3.05, 3.63) is 54.3 Å². The number of ether oxygens (including phenoxy) is 1. The van der Waals surface area contributed by atoms with E-state index in [0.717, 1.165) is 17.8 Å². The van der Waals surface area contributed by atoms with Gasteiger partial charge in [-0.2, -0.15) is 0 Å². The summed E-state index contributed by atoms with van der Waals surface area (Å²) in [6.07, 6.45) is -4.84. The number of amides is 1. The van der Waals surface area contributed by atoms with Crippen molar-refractivity contribution >= 4 is 23.4 Å². The van der Waals surface area contributed by atoms with Crippen LogP contribution in [0, 0.1) is 5.82 Å². The predicted molar refractivity (Wildman–Crippen MR) is 78.9 cm³/mol. The molecule has 2 rings (SSSR count). The van der Waals surface area contributed by atoms with Crippen molar-refractivity contribution in [3.8, 4) is 5.75 Å². The fourth-order valence-corrected chi connectivity index (χ4v) is 2.35. The first-order valence-corrected chi connectivity index (χ1v) is 7.35. The highest BCUT2D eigenvalue weighted by atomic mass is 32.2.